The van der Waals surface area contributed by atoms with E-state index in [9.17, 15) is 9.59 Å². The summed E-state index contributed by atoms with van der Waals surface area (Å²) in [7, 11) is 0. The number of benzene rings is 1. The van der Waals surface area contributed by atoms with Gasteiger partial charge < -0.3 is 10.1 Å². The van der Waals surface area contributed by atoms with Gasteiger partial charge in [-0.2, -0.15) is 0 Å². The van der Waals surface area contributed by atoms with E-state index in [1.54, 1.807) is 0 Å². The summed E-state index contributed by atoms with van der Waals surface area (Å²) in [6, 6.07) is 5.99. The van der Waals surface area contributed by atoms with E-state index in [0.29, 0.717) is 6.54 Å². The molecular weight excluding hydrogens is 252 g/mol. The molecule has 0 radical (unpaired) electrons. The van der Waals surface area contributed by atoms with E-state index in [1.807, 2.05) is 32.0 Å². The van der Waals surface area contributed by atoms with Crippen LogP contribution in [-0.2, 0) is 9.59 Å². The number of amides is 1. The van der Waals surface area contributed by atoms with Crippen molar-refractivity contribution in [2.24, 2.45) is 5.92 Å². The number of piperidine rings is 1. The summed E-state index contributed by atoms with van der Waals surface area (Å²) in [6.45, 7) is 6.04. The zero-order valence-electron chi connectivity index (χ0n) is 12.2. The van der Waals surface area contributed by atoms with Gasteiger partial charge in [0.05, 0.1) is 6.54 Å². The number of nitrogens with one attached hydrogen (secondary N) is 1. The number of carbonyl (C=O) groups excluding carboxylic acids is 2. The van der Waals surface area contributed by atoms with Crippen molar-refractivity contribution in [3.63, 3.8) is 0 Å². The normalized spacial score (nSPS) is 16.9. The second-order valence-electron chi connectivity index (χ2n) is 5.56. The Labute approximate surface area is 120 Å². The fourth-order valence-corrected chi connectivity index (χ4v) is 2.64. The van der Waals surface area contributed by atoms with Crippen LogP contribution in [0.3, 0.4) is 0 Å². The summed E-state index contributed by atoms with van der Waals surface area (Å²) in [4.78, 5) is 24.9. The lowest BCUT2D eigenvalue weighted by Crippen LogP contribution is -2.39. The summed E-state index contributed by atoms with van der Waals surface area (Å²) >= 11 is 0. The summed E-state index contributed by atoms with van der Waals surface area (Å²) in [5.74, 6) is 0.194. The third-order valence-corrected chi connectivity index (χ3v) is 3.94. The largest absolute Gasteiger partial charge is 0.324 e. The standard InChI is InChI=1S/C16H22N2O2/c1-12-4-3-5-13(2)16(12)17-15(20)10-18-8-6-14(11-19)7-9-18/h3-5,11,14H,6-10H2,1-2H3,(H,17,20). The van der Waals surface area contributed by atoms with E-state index in [1.165, 1.54) is 0 Å². The quantitative estimate of drug-likeness (QED) is 0.856. The second-order valence-corrected chi connectivity index (χ2v) is 5.56. The van der Waals surface area contributed by atoms with Crippen molar-refractivity contribution in [1.82, 2.24) is 4.90 Å². The Morgan fingerprint density at radius 2 is 1.90 bits per heavy atom. The van der Waals surface area contributed by atoms with Crippen molar-refractivity contribution in [3.05, 3.63) is 29.3 Å². The number of aryl methyl sites for hydroxylation is 2. The number of hydrogen-bond donors (Lipinski definition) is 1. The molecule has 108 valence electrons. The van der Waals surface area contributed by atoms with Gasteiger partial charge in [0.25, 0.3) is 0 Å². The molecule has 0 atom stereocenters. The molecule has 1 aliphatic rings. The van der Waals surface area contributed by atoms with Crippen molar-refractivity contribution in [2.45, 2.75) is 26.7 Å². The van der Waals surface area contributed by atoms with Crippen LogP contribution in [0.2, 0.25) is 0 Å². The highest BCUT2D eigenvalue weighted by molar-refractivity contribution is 5.93. The maximum Gasteiger partial charge on any atom is 0.238 e. The molecule has 1 amide bonds. The Morgan fingerprint density at radius 1 is 1.30 bits per heavy atom. The molecule has 1 aliphatic heterocycles. The maximum atomic E-state index is 12.1. The average Bonchev–Trinajstić information content (AvgIpc) is 2.44. The van der Waals surface area contributed by atoms with Crippen molar-refractivity contribution >= 4 is 17.9 Å². The van der Waals surface area contributed by atoms with Crippen LogP contribution in [0.25, 0.3) is 0 Å². The molecule has 1 fully saturated rings. The maximum absolute atomic E-state index is 12.1. The van der Waals surface area contributed by atoms with Crippen LogP contribution in [0.5, 0.6) is 0 Å². The smallest absolute Gasteiger partial charge is 0.238 e. The van der Waals surface area contributed by atoms with Gasteiger partial charge in [-0.15, -0.1) is 0 Å². The number of likely N-dealkylation sites (tertiary alicyclic amines) is 1. The van der Waals surface area contributed by atoms with Gasteiger partial charge >= 0.3 is 0 Å². The minimum atomic E-state index is 0.0203. The highest BCUT2D eigenvalue weighted by Crippen LogP contribution is 2.20. The first kappa shape index (κ1) is 14.7. The van der Waals surface area contributed by atoms with Gasteiger partial charge in [0, 0.05) is 11.6 Å². The first-order chi connectivity index (χ1) is 9.60. The fraction of sp³-hybridized carbons (Fsp3) is 0.500. The molecule has 20 heavy (non-hydrogen) atoms. The molecule has 0 bridgehead atoms. The van der Waals surface area contributed by atoms with E-state index in [0.717, 1.165) is 49.0 Å². The van der Waals surface area contributed by atoms with E-state index in [4.69, 9.17) is 0 Å². The molecule has 1 aromatic rings. The van der Waals surface area contributed by atoms with Crippen LogP contribution in [0.1, 0.15) is 24.0 Å². The Balaban J connectivity index is 1.88. The van der Waals surface area contributed by atoms with Crippen LogP contribution in [0.4, 0.5) is 5.69 Å². The molecule has 1 heterocycles. The zero-order chi connectivity index (χ0) is 14.5. The molecule has 0 unspecified atom stereocenters. The van der Waals surface area contributed by atoms with Gasteiger partial charge in [0.15, 0.2) is 0 Å². The molecule has 4 nitrogen and oxygen atoms in total. The van der Waals surface area contributed by atoms with Gasteiger partial charge in [-0.25, -0.2) is 0 Å². The number of nitrogens with zero attached hydrogens (tertiary/aromatic N) is 1. The van der Waals surface area contributed by atoms with E-state index in [-0.39, 0.29) is 11.8 Å². The van der Waals surface area contributed by atoms with Crippen LogP contribution < -0.4 is 5.32 Å². The lowest BCUT2D eigenvalue weighted by atomic mass is 9.99. The third-order valence-electron chi connectivity index (χ3n) is 3.94. The summed E-state index contributed by atoms with van der Waals surface area (Å²) < 4.78 is 0. The number of hydrogen-bond acceptors (Lipinski definition) is 3. The molecule has 0 spiro atoms. The van der Waals surface area contributed by atoms with Crippen molar-refractivity contribution in [1.29, 1.82) is 0 Å². The Morgan fingerprint density at radius 3 is 2.45 bits per heavy atom. The molecule has 1 aromatic carbocycles. The first-order valence-electron chi connectivity index (χ1n) is 7.14. The first-order valence-corrected chi connectivity index (χ1v) is 7.14. The average molecular weight is 274 g/mol. The Kier molecular flexibility index (Phi) is 4.90. The molecule has 2 rings (SSSR count). The number of para-hydroxylation sites is 1. The van der Waals surface area contributed by atoms with Crippen molar-refractivity contribution < 1.29 is 9.59 Å². The Bertz CT molecular complexity index is 471. The lowest BCUT2D eigenvalue weighted by molar-refractivity contribution is -0.117. The molecule has 0 aliphatic carbocycles. The van der Waals surface area contributed by atoms with E-state index >= 15 is 0 Å². The molecule has 4 heteroatoms. The minimum Gasteiger partial charge on any atom is -0.324 e. The van der Waals surface area contributed by atoms with Crippen molar-refractivity contribution in [3.8, 4) is 0 Å². The highest BCUT2D eigenvalue weighted by Gasteiger charge is 2.20. The third kappa shape index (κ3) is 3.67. The molecule has 1 N–H and O–H groups in total. The number of carbonyl (C=O) groups is 2. The fourth-order valence-electron chi connectivity index (χ4n) is 2.64. The van der Waals surface area contributed by atoms with Crippen LogP contribution >= 0.6 is 0 Å². The van der Waals surface area contributed by atoms with Gasteiger partial charge in [-0.05, 0) is 50.9 Å². The predicted molar refractivity (Wildman–Crippen MR) is 79.8 cm³/mol. The van der Waals surface area contributed by atoms with Gasteiger partial charge in [-0.1, -0.05) is 18.2 Å². The number of anilines is 1. The van der Waals surface area contributed by atoms with Gasteiger partial charge in [-0.3, -0.25) is 9.69 Å². The number of aldehydes is 1. The van der Waals surface area contributed by atoms with Gasteiger partial charge in [0.2, 0.25) is 5.91 Å². The monoisotopic (exact) mass is 274 g/mol. The molecule has 0 saturated carbocycles. The van der Waals surface area contributed by atoms with Crippen LogP contribution in [0, 0.1) is 19.8 Å². The summed E-state index contributed by atoms with van der Waals surface area (Å²) in [5, 5.41) is 3.00. The minimum absolute atomic E-state index is 0.0203. The molecule has 0 aromatic heterocycles. The highest BCUT2D eigenvalue weighted by atomic mass is 16.2. The van der Waals surface area contributed by atoms with Crippen molar-refractivity contribution in [2.75, 3.05) is 25.0 Å². The second kappa shape index (κ2) is 6.66. The summed E-state index contributed by atoms with van der Waals surface area (Å²) in [5.41, 5.74) is 3.08. The topological polar surface area (TPSA) is 49.4 Å². The lowest BCUT2D eigenvalue weighted by Gasteiger charge is -2.29. The Hall–Kier alpha value is -1.68. The number of rotatable bonds is 4. The zero-order valence-corrected chi connectivity index (χ0v) is 12.2. The van der Waals surface area contributed by atoms with E-state index in [2.05, 4.69) is 10.2 Å². The summed E-state index contributed by atoms with van der Waals surface area (Å²) in [6.07, 6.45) is 2.76. The van der Waals surface area contributed by atoms with Crippen LogP contribution in [-0.4, -0.2) is 36.7 Å². The molecular formula is C16H22N2O2. The van der Waals surface area contributed by atoms with Crippen LogP contribution in [0.15, 0.2) is 18.2 Å². The predicted octanol–water partition coefficient (Wildman–Crippen LogP) is 2.15. The van der Waals surface area contributed by atoms with E-state index < -0.39 is 0 Å². The SMILES string of the molecule is Cc1cccc(C)c1NC(=O)CN1CCC(C=O)CC1. The molecule has 1 saturated heterocycles. The van der Waals surface area contributed by atoms with Gasteiger partial charge in [0.1, 0.15) is 6.29 Å².